The minimum Gasteiger partial charge on any atom is -0.379 e. The number of rotatable bonds is 20. The van der Waals surface area contributed by atoms with Crippen LogP contribution in [0.15, 0.2) is 0 Å². The van der Waals surface area contributed by atoms with Crippen LogP contribution in [0.3, 0.4) is 0 Å². The number of amides is 3. The normalized spacial score (nSPS) is 21.8. The maximum absolute atomic E-state index is 11.9. The van der Waals surface area contributed by atoms with Crippen molar-refractivity contribution in [3.05, 3.63) is 0 Å². The third-order valence-corrected chi connectivity index (χ3v) is 6.65. The smallest absolute Gasteiger partial charge is 0.315 e. The number of hydrogen-bond donors (Lipinski definition) is 3. The molecule has 2 aliphatic rings. The molecular formula is C21H37N3O7S. The van der Waals surface area contributed by atoms with Crippen molar-refractivity contribution in [1.29, 1.82) is 0 Å². The molecule has 2 fully saturated rings. The van der Waals surface area contributed by atoms with Gasteiger partial charge in [0.05, 0.1) is 64.9 Å². The van der Waals surface area contributed by atoms with Crippen LogP contribution < -0.4 is 16.0 Å². The summed E-state index contributed by atoms with van der Waals surface area (Å²) in [6.07, 6.45) is 4.60. The van der Waals surface area contributed by atoms with Crippen molar-refractivity contribution in [3.8, 4) is 0 Å². The van der Waals surface area contributed by atoms with Crippen molar-refractivity contribution in [2.45, 2.75) is 49.4 Å². The highest BCUT2D eigenvalue weighted by molar-refractivity contribution is 8.00. The van der Waals surface area contributed by atoms with Gasteiger partial charge in [-0.05, 0) is 12.8 Å². The van der Waals surface area contributed by atoms with Gasteiger partial charge in [0.2, 0.25) is 5.91 Å². The molecule has 0 saturated carbocycles. The van der Waals surface area contributed by atoms with Crippen LogP contribution >= 0.6 is 11.8 Å². The number of carbonyl (C=O) groups is 3. The lowest BCUT2D eigenvalue weighted by atomic mass is 10.0. The van der Waals surface area contributed by atoms with E-state index in [-0.39, 0.29) is 24.0 Å². The van der Waals surface area contributed by atoms with Crippen molar-refractivity contribution in [2.75, 3.05) is 65.2 Å². The number of urea groups is 1. The van der Waals surface area contributed by atoms with Crippen molar-refractivity contribution >= 4 is 30.0 Å². The standard InChI is InChI=1S/C21H37N3O7S/c25-7-3-8-28-10-12-30-14-15-31-13-11-29-9-6-22-19(26)5-2-1-4-18-20-17(16-32-18)23-21(27)24-20/h7,17-18,20H,1-6,8-16H2,(H,22,26)(H2,23,24,27). The molecule has 3 amide bonds. The second-order valence-corrected chi connectivity index (χ2v) is 8.89. The maximum Gasteiger partial charge on any atom is 0.315 e. The molecule has 32 heavy (non-hydrogen) atoms. The first-order valence-electron chi connectivity index (χ1n) is 11.4. The Labute approximate surface area is 194 Å². The molecule has 2 aliphatic heterocycles. The number of aldehydes is 1. The first-order valence-corrected chi connectivity index (χ1v) is 12.5. The quantitative estimate of drug-likeness (QED) is 0.132. The Kier molecular flexibility index (Phi) is 14.4. The number of ether oxygens (including phenoxy) is 4. The predicted octanol–water partition coefficient (Wildman–Crippen LogP) is 0.484. The third-order valence-electron chi connectivity index (χ3n) is 5.15. The zero-order valence-electron chi connectivity index (χ0n) is 18.7. The molecule has 184 valence electrons. The van der Waals surface area contributed by atoms with Crippen LogP contribution in [-0.4, -0.2) is 101 Å². The highest BCUT2D eigenvalue weighted by atomic mass is 32.2. The molecule has 2 rings (SSSR count). The van der Waals surface area contributed by atoms with Crippen molar-refractivity contribution in [1.82, 2.24) is 16.0 Å². The Balaban J connectivity index is 1.28. The monoisotopic (exact) mass is 475 g/mol. The van der Waals surface area contributed by atoms with Crippen molar-refractivity contribution in [2.24, 2.45) is 0 Å². The van der Waals surface area contributed by atoms with Crippen molar-refractivity contribution in [3.63, 3.8) is 0 Å². The molecule has 0 radical (unpaired) electrons. The third kappa shape index (κ3) is 11.5. The molecule has 0 aromatic carbocycles. The predicted molar refractivity (Wildman–Crippen MR) is 121 cm³/mol. The van der Waals surface area contributed by atoms with Gasteiger partial charge < -0.3 is 39.7 Å². The van der Waals surface area contributed by atoms with Gasteiger partial charge >= 0.3 is 6.03 Å². The van der Waals surface area contributed by atoms with E-state index in [1.807, 2.05) is 11.8 Å². The van der Waals surface area contributed by atoms with E-state index in [0.717, 1.165) is 31.3 Å². The molecule has 10 nitrogen and oxygen atoms in total. The van der Waals surface area contributed by atoms with E-state index in [4.69, 9.17) is 18.9 Å². The SMILES string of the molecule is O=CCCOCCOCCOCCOCCNC(=O)CCCCC1SCC2NC(=O)NC21. The lowest BCUT2D eigenvalue weighted by Gasteiger charge is -2.16. The van der Waals surface area contributed by atoms with E-state index in [0.29, 0.717) is 77.5 Å². The van der Waals surface area contributed by atoms with Crippen LogP contribution in [0.25, 0.3) is 0 Å². The number of carbonyl (C=O) groups excluding carboxylic acids is 3. The average molecular weight is 476 g/mol. The highest BCUT2D eigenvalue weighted by Gasteiger charge is 2.42. The Morgan fingerprint density at radius 3 is 2.31 bits per heavy atom. The fourth-order valence-corrected chi connectivity index (χ4v) is 5.06. The maximum atomic E-state index is 11.9. The fourth-order valence-electron chi connectivity index (χ4n) is 3.52. The van der Waals surface area contributed by atoms with Gasteiger partial charge in [-0.25, -0.2) is 4.79 Å². The van der Waals surface area contributed by atoms with Gasteiger partial charge in [0.15, 0.2) is 0 Å². The summed E-state index contributed by atoms with van der Waals surface area (Å²) in [5.41, 5.74) is 0. The molecule has 0 bridgehead atoms. The minimum atomic E-state index is -0.0577. The second kappa shape index (κ2) is 17.1. The van der Waals surface area contributed by atoms with Gasteiger partial charge in [-0.1, -0.05) is 6.42 Å². The topological polar surface area (TPSA) is 124 Å². The number of unbranched alkanes of at least 4 members (excludes halogenated alkanes) is 1. The van der Waals surface area contributed by atoms with Gasteiger partial charge in [-0.15, -0.1) is 0 Å². The van der Waals surface area contributed by atoms with Crippen LogP contribution in [0.5, 0.6) is 0 Å². The number of fused-ring (bicyclic) bond motifs is 1. The summed E-state index contributed by atoms with van der Waals surface area (Å²) in [5, 5.41) is 9.25. The minimum absolute atomic E-state index is 0.0462. The number of hydrogen-bond acceptors (Lipinski definition) is 8. The fraction of sp³-hybridized carbons (Fsp3) is 0.857. The zero-order valence-corrected chi connectivity index (χ0v) is 19.5. The van der Waals surface area contributed by atoms with E-state index in [1.165, 1.54) is 0 Å². The molecule has 2 heterocycles. The van der Waals surface area contributed by atoms with Gasteiger partial charge in [0.25, 0.3) is 0 Å². The van der Waals surface area contributed by atoms with Crippen LogP contribution in [0.2, 0.25) is 0 Å². The van der Waals surface area contributed by atoms with E-state index in [1.54, 1.807) is 0 Å². The molecular weight excluding hydrogens is 438 g/mol. The van der Waals surface area contributed by atoms with E-state index >= 15 is 0 Å². The Morgan fingerprint density at radius 2 is 1.62 bits per heavy atom. The lowest BCUT2D eigenvalue weighted by Crippen LogP contribution is -2.36. The second-order valence-electron chi connectivity index (χ2n) is 7.62. The summed E-state index contributed by atoms with van der Waals surface area (Å²) in [5.74, 6) is 1.01. The van der Waals surface area contributed by atoms with Crippen molar-refractivity contribution < 1.29 is 33.3 Å². The molecule has 0 spiro atoms. The van der Waals surface area contributed by atoms with Crippen LogP contribution in [0.4, 0.5) is 4.79 Å². The molecule has 3 N–H and O–H groups in total. The highest BCUT2D eigenvalue weighted by Crippen LogP contribution is 2.33. The van der Waals surface area contributed by atoms with Gasteiger partial charge in [0, 0.05) is 30.4 Å². The molecule has 0 aromatic heterocycles. The largest absolute Gasteiger partial charge is 0.379 e. The summed E-state index contributed by atoms with van der Waals surface area (Å²) in [6.45, 7) is 4.25. The molecule has 11 heteroatoms. The Morgan fingerprint density at radius 1 is 0.969 bits per heavy atom. The van der Waals surface area contributed by atoms with Crippen LogP contribution in [0, 0.1) is 0 Å². The van der Waals surface area contributed by atoms with E-state index in [9.17, 15) is 14.4 Å². The lowest BCUT2D eigenvalue weighted by molar-refractivity contribution is -0.121. The first kappa shape index (κ1) is 26.8. The number of nitrogens with one attached hydrogen (secondary N) is 3. The van der Waals surface area contributed by atoms with Gasteiger partial charge in [-0.2, -0.15) is 11.8 Å². The summed E-state index contributed by atoms with van der Waals surface area (Å²) in [6, 6.07) is 0.428. The first-order chi connectivity index (χ1) is 15.7. The van der Waals surface area contributed by atoms with Crippen LogP contribution in [0.1, 0.15) is 32.1 Å². The molecule has 0 aliphatic carbocycles. The summed E-state index contributed by atoms with van der Waals surface area (Å²) in [7, 11) is 0. The molecule has 0 aromatic rings. The Bertz CT molecular complexity index is 555. The molecule has 2 saturated heterocycles. The van der Waals surface area contributed by atoms with Gasteiger partial charge in [0.1, 0.15) is 6.29 Å². The zero-order chi connectivity index (χ0) is 22.9. The molecule has 3 atom stereocenters. The Hall–Kier alpha value is -1.40. The van der Waals surface area contributed by atoms with Crippen LogP contribution in [-0.2, 0) is 28.5 Å². The molecule has 3 unspecified atom stereocenters. The summed E-state index contributed by atoms with van der Waals surface area (Å²) < 4.78 is 21.3. The summed E-state index contributed by atoms with van der Waals surface area (Å²) in [4.78, 5) is 33.4. The van der Waals surface area contributed by atoms with Gasteiger partial charge in [-0.3, -0.25) is 4.79 Å². The number of thioether (sulfide) groups is 1. The summed E-state index contributed by atoms with van der Waals surface area (Å²) >= 11 is 1.90. The van der Waals surface area contributed by atoms with E-state index in [2.05, 4.69) is 16.0 Å². The van der Waals surface area contributed by atoms with E-state index < -0.39 is 0 Å². The average Bonchev–Trinajstić information content (AvgIpc) is 3.33.